The van der Waals surface area contributed by atoms with E-state index in [1.54, 1.807) is 18.5 Å². The predicted molar refractivity (Wildman–Crippen MR) is 101 cm³/mol. The first-order valence-electron chi connectivity index (χ1n) is 7.98. The summed E-state index contributed by atoms with van der Waals surface area (Å²) in [5, 5.41) is 4.77. The van der Waals surface area contributed by atoms with Gasteiger partial charge in [-0.1, -0.05) is 36.4 Å². The van der Waals surface area contributed by atoms with Crippen molar-refractivity contribution in [2.24, 2.45) is 0 Å². The maximum Gasteiger partial charge on any atom is 0.248 e. The first-order valence-corrected chi connectivity index (χ1v) is 7.98. The summed E-state index contributed by atoms with van der Waals surface area (Å²) in [4.78, 5) is 21.2. The molecule has 2 aromatic heterocycles. The van der Waals surface area contributed by atoms with Gasteiger partial charge in [-0.25, -0.2) is 0 Å². The van der Waals surface area contributed by atoms with Crippen LogP contribution in [0.1, 0.15) is 5.56 Å². The number of hydrogen-bond acceptors (Lipinski definition) is 3. The number of fused-ring (bicyclic) bond motifs is 3. The van der Waals surface area contributed by atoms with Crippen LogP contribution in [0.4, 0.5) is 5.69 Å². The second-order valence-corrected chi connectivity index (χ2v) is 5.63. The van der Waals surface area contributed by atoms with Crippen LogP contribution in [0.15, 0.2) is 79.1 Å². The van der Waals surface area contributed by atoms with Crippen molar-refractivity contribution in [2.75, 3.05) is 5.32 Å². The first-order chi connectivity index (χ1) is 12.3. The van der Waals surface area contributed by atoms with Gasteiger partial charge in [0.15, 0.2) is 0 Å². The molecule has 4 rings (SSSR count). The number of benzene rings is 2. The van der Waals surface area contributed by atoms with Crippen molar-refractivity contribution in [1.82, 2.24) is 9.97 Å². The second kappa shape index (κ2) is 6.53. The molecule has 120 valence electrons. The van der Waals surface area contributed by atoms with Gasteiger partial charge in [-0.2, -0.15) is 0 Å². The molecule has 0 bridgehead atoms. The van der Waals surface area contributed by atoms with E-state index >= 15 is 0 Å². The van der Waals surface area contributed by atoms with Gasteiger partial charge in [0.2, 0.25) is 5.91 Å². The number of carbonyl (C=O) groups excluding carboxylic acids is 1. The Morgan fingerprint density at radius 1 is 0.880 bits per heavy atom. The molecule has 2 heterocycles. The fourth-order valence-electron chi connectivity index (χ4n) is 2.79. The monoisotopic (exact) mass is 325 g/mol. The summed E-state index contributed by atoms with van der Waals surface area (Å²) < 4.78 is 0. The quantitative estimate of drug-likeness (QED) is 0.448. The molecule has 1 N–H and O–H groups in total. The molecule has 0 radical (unpaired) electrons. The number of nitrogens with one attached hydrogen (secondary N) is 1. The predicted octanol–water partition coefficient (Wildman–Crippen LogP) is 4.43. The Kier molecular flexibility index (Phi) is 3.92. The fraction of sp³-hybridized carbons (Fsp3) is 0. The minimum Gasteiger partial charge on any atom is -0.322 e. The van der Waals surface area contributed by atoms with Crippen molar-refractivity contribution in [3.63, 3.8) is 0 Å². The van der Waals surface area contributed by atoms with Crippen molar-refractivity contribution in [1.29, 1.82) is 0 Å². The van der Waals surface area contributed by atoms with Crippen LogP contribution in [0, 0.1) is 0 Å². The molecule has 4 heteroatoms. The maximum atomic E-state index is 12.3. The Labute approximate surface area is 144 Å². The Hall–Kier alpha value is -3.53. The van der Waals surface area contributed by atoms with Crippen LogP contribution < -0.4 is 5.32 Å². The summed E-state index contributed by atoms with van der Waals surface area (Å²) in [6, 6.07) is 19.3. The lowest BCUT2D eigenvalue weighted by Gasteiger charge is -2.09. The van der Waals surface area contributed by atoms with Gasteiger partial charge in [-0.15, -0.1) is 0 Å². The Balaban J connectivity index is 1.71. The zero-order chi connectivity index (χ0) is 17.1. The van der Waals surface area contributed by atoms with Crippen LogP contribution in [0.25, 0.3) is 27.9 Å². The van der Waals surface area contributed by atoms with E-state index in [1.807, 2.05) is 60.7 Å². The number of rotatable bonds is 3. The number of nitrogens with zero attached hydrogens (tertiary/aromatic N) is 2. The highest BCUT2D eigenvalue weighted by Gasteiger charge is 2.09. The summed E-state index contributed by atoms with van der Waals surface area (Å²) >= 11 is 0. The van der Waals surface area contributed by atoms with Crippen molar-refractivity contribution >= 4 is 39.5 Å². The molecule has 0 atom stereocenters. The van der Waals surface area contributed by atoms with Gasteiger partial charge in [0.25, 0.3) is 0 Å². The highest BCUT2D eigenvalue weighted by molar-refractivity contribution is 6.13. The van der Waals surface area contributed by atoms with Crippen molar-refractivity contribution < 1.29 is 4.79 Å². The zero-order valence-corrected chi connectivity index (χ0v) is 13.4. The average molecular weight is 325 g/mol. The summed E-state index contributed by atoms with van der Waals surface area (Å²) in [6.07, 6.45) is 6.80. The Morgan fingerprint density at radius 2 is 1.64 bits per heavy atom. The average Bonchev–Trinajstić information content (AvgIpc) is 2.67. The third-order valence-electron chi connectivity index (χ3n) is 3.95. The van der Waals surface area contributed by atoms with Crippen molar-refractivity contribution in [3.8, 4) is 0 Å². The van der Waals surface area contributed by atoms with E-state index in [0.29, 0.717) is 0 Å². The van der Waals surface area contributed by atoms with Crippen LogP contribution in [-0.4, -0.2) is 15.9 Å². The topological polar surface area (TPSA) is 54.9 Å². The minimum atomic E-state index is -0.183. The molecule has 0 aliphatic rings. The lowest BCUT2D eigenvalue weighted by molar-refractivity contribution is -0.111. The van der Waals surface area contributed by atoms with Crippen LogP contribution in [0.3, 0.4) is 0 Å². The maximum absolute atomic E-state index is 12.3. The molecular weight excluding hydrogens is 310 g/mol. The van der Waals surface area contributed by atoms with E-state index < -0.39 is 0 Å². The third-order valence-corrected chi connectivity index (χ3v) is 3.95. The van der Waals surface area contributed by atoms with Gasteiger partial charge >= 0.3 is 0 Å². The van der Waals surface area contributed by atoms with Gasteiger partial charge in [0.05, 0.1) is 16.7 Å². The molecule has 0 saturated carbocycles. The third kappa shape index (κ3) is 3.10. The number of aromatic nitrogens is 2. The summed E-state index contributed by atoms with van der Waals surface area (Å²) in [6.45, 7) is 0. The van der Waals surface area contributed by atoms with Gasteiger partial charge < -0.3 is 5.32 Å². The van der Waals surface area contributed by atoms with Crippen molar-refractivity contribution in [2.45, 2.75) is 0 Å². The van der Waals surface area contributed by atoms with Gasteiger partial charge in [0, 0.05) is 29.2 Å². The lowest BCUT2D eigenvalue weighted by Crippen LogP contribution is -2.08. The number of hydrogen-bond donors (Lipinski definition) is 1. The molecule has 4 aromatic rings. The number of pyridine rings is 2. The Bertz CT molecular complexity index is 1090. The molecule has 25 heavy (non-hydrogen) atoms. The van der Waals surface area contributed by atoms with E-state index in [9.17, 15) is 4.79 Å². The minimum absolute atomic E-state index is 0.183. The standard InChI is InChI=1S/C21H15N3O/c25-19(11-10-15-6-2-1-3-7-15)24-18-14-16-8-4-12-22-20(16)21-17(18)9-5-13-23-21/h1-14H,(H,24,25). The molecular formula is C21H15N3O. The van der Waals surface area contributed by atoms with Crippen molar-refractivity contribution in [3.05, 3.63) is 84.7 Å². The van der Waals surface area contributed by atoms with E-state index in [1.165, 1.54) is 6.08 Å². The summed E-state index contributed by atoms with van der Waals surface area (Å²) in [7, 11) is 0. The van der Waals surface area contributed by atoms with Crippen LogP contribution in [0.5, 0.6) is 0 Å². The zero-order valence-electron chi connectivity index (χ0n) is 13.4. The van der Waals surface area contributed by atoms with Crippen LogP contribution in [-0.2, 0) is 4.79 Å². The van der Waals surface area contributed by atoms with Gasteiger partial charge in [-0.3, -0.25) is 14.8 Å². The first kappa shape index (κ1) is 15.0. The lowest BCUT2D eigenvalue weighted by atomic mass is 10.1. The fourth-order valence-corrected chi connectivity index (χ4v) is 2.79. The molecule has 2 aromatic carbocycles. The van der Waals surface area contributed by atoms with Crippen LogP contribution >= 0.6 is 0 Å². The summed E-state index contributed by atoms with van der Waals surface area (Å²) in [5.41, 5.74) is 3.32. The van der Waals surface area contributed by atoms with E-state index in [4.69, 9.17) is 0 Å². The normalized spacial score (nSPS) is 11.2. The molecule has 0 aliphatic heterocycles. The van der Waals surface area contributed by atoms with Gasteiger partial charge in [0.1, 0.15) is 0 Å². The van der Waals surface area contributed by atoms with E-state index in [0.717, 1.165) is 33.1 Å². The molecule has 1 amide bonds. The Morgan fingerprint density at radius 3 is 2.48 bits per heavy atom. The van der Waals surface area contributed by atoms with Crippen LogP contribution in [0.2, 0.25) is 0 Å². The second-order valence-electron chi connectivity index (χ2n) is 5.63. The number of anilines is 1. The van der Waals surface area contributed by atoms with Gasteiger partial charge in [-0.05, 0) is 35.9 Å². The molecule has 0 unspecified atom stereocenters. The largest absolute Gasteiger partial charge is 0.322 e. The number of carbonyl (C=O) groups is 1. The number of amides is 1. The smallest absolute Gasteiger partial charge is 0.248 e. The summed E-state index contributed by atoms with van der Waals surface area (Å²) in [5.74, 6) is -0.183. The highest BCUT2D eigenvalue weighted by Crippen LogP contribution is 2.29. The van der Waals surface area contributed by atoms with E-state index in [-0.39, 0.29) is 5.91 Å². The molecule has 0 saturated heterocycles. The van der Waals surface area contributed by atoms with E-state index in [2.05, 4.69) is 15.3 Å². The molecule has 0 fully saturated rings. The molecule has 0 spiro atoms. The highest BCUT2D eigenvalue weighted by atomic mass is 16.1. The molecule has 0 aliphatic carbocycles. The SMILES string of the molecule is O=C(C=Cc1ccccc1)Nc1cc2cccnc2c2ncccc12. The molecule has 4 nitrogen and oxygen atoms in total.